The number of nitrogens with one attached hydrogen (secondary N) is 1. The van der Waals surface area contributed by atoms with E-state index in [1.54, 1.807) is 0 Å². The number of guanidine groups is 1. The van der Waals surface area contributed by atoms with Gasteiger partial charge in [0.15, 0.2) is 5.96 Å². The normalized spacial score (nSPS) is 16.3. The van der Waals surface area contributed by atoms with E-state index in [0.717, 1.165) is 37.8 Å². The van der Waals surface area contributed by atoms with Gasteiger partial charge in [0.2, 0.25) is 0 Å². The van der Waals surface area contributed by atoms with E-state index in [9.17, 15) is 0 Å². The van der Waals surface area contributed by atoms with Gasteiger partial charge in [0.25, 0.3) is 0 Å². The SMILES string of the molecule is CN=C(NCc1c(C)nn(Cc2ccccc2)c1C)N1CCC(C)(C)C1.I. The zero-order valence-electron chi connectivity index (χ0n) is 17.1. The van der Waals surface area contributed by atoms with E-state index in [1.807, 2.05) is 13.1 Å². The minimum Gasteiger partial charge on any atom is -0.352 e. The lowest BCUT2D eigenvalue weighted by Crippen LogP contribution is -2.40. The lowest BCUT2D eigenvalue weighted by Gasteiger charge is -2.23. The summed E-state index contributed by atoms with van der Waals surface area (Å²) in [6.45, 7) is 12.6. The predicted octanol–water partition coefficient (Wildman–Crippen LogP) is 3.97. The number of aryl methyl sites for hydroxylation is 1. The van der Waals surface area contributed by atoms with Crippen molar-refractivity contribution in [2.24, 2.45) is 10.4 Å². The first kappa shape index (κ1) is 21.7. The van der Waals surface area contributed by atoms with Crippen LogP contribution < -0.4 is 5.32 Å². The highest BCUT2D eigenvalue weighted by atomic mass is 127. The van der Waals surface area contributed by atoms with Crippen LogP contribution >= 0.6 is 24.0 Å². The fraction of sp³-hybridized carbons (Fsp3) is 0.524. The third-order valence-electron chi connectivity index (χ3n) is 5.32. The van der Waals surface area contributed by atoms with E-state index in [1.165, 1.54) is 23.2 Å². The van der Waals surface area contributed by atoms with E-state index >= 15 is 0 Å². The monoisotopic (exact) mass is 481 g/mol. The first-order chi connectivity index (χ1) is 12.4. The Kier molecular flexibility index (Phi) is 7.31. The van der Waals surface area contributed by atoms with Gasteiger partial charge in [0, 0.05) is 37.9 Å². The highest BCUT2D eigenvalue weighted by molar-refractivity contribution is 14.0. The zero-order valence-corrected chi connectivity index (χ0v) is 19.4. The molecule has 0 aliphatic carbocycles. The van der Waals surface area contributed by atoms with Crippen LogP contribution in [0.3, 0.4) is 0 Å². The largest absolute Gasteiger partial charge is 0.352 e. The molecule has 0 bridgehead atoms. The Hall–Kier alpha value is -1.57. The molecule has 1 saturated heterocycles. The molecule has 1 aliphatic rings. The van der Waals surface area contributed by atoms with E-state index in [-0.39, 0.29) is 24.0 Å². The minimum absolute atomic E-state index is 0. The third kappa shape index (κ3) is 5.24. The molecule has 1 N–H and O–H groups in total. The van der Waals surface area contributed by atoms with Gasteiger partial charge in [-0.1, -0.05) is 44.2 Å². The van der Waals surface area contributed by atoms with Crippen molar-refractivity contribution < 1.29 is 0 Å². The maximum absolute atomic E-state index is 4.75. The molecule has 27 heavy (non-hydrogen) atoms. The lowest BCUT2D eigenvalue weighted by atomic mass is 9.93. The van der Waals surface area contributed by atoms with Gasteiger partial charge >= 0.3 is 0 Å². The topological polar surface area (TPSA) is 45.5 Å². The molecule has 1 fully saturated rings. The molecular formula is C21H32IN5. The number of hydrogen-bond donors (Lipinski definition) is 1. The van der Waals surface area contributed by atoms with Crippen molar-refractivity contribution in [3.63, 3.8) is 0 Å². The second-order valence-corrected chi connectivity index (χ2v) is 8.03. The Bertz CT molecular complexity index is 779. The molecule has 6 heteroatoms. The van der Waals surface area contributed by atoms with E-state index < -0.39 is 0 Å². The summed E-state index contributed by atoms with van der Waals surface area (Å²) in [5.74, 6) is 0.991. The molecule has 0 saturated carbocycles. The minimum atomic E-state index is 0. The standard InChI is InChI=1S/C21H31N5.HI/c1-16-19(13-23-20(22-5)25-12-11-21(3,4)15-25)17(2)26(24-16)14-18-9-7-6-8-10-18;/h6-10H,11-15H2,1-5H3,(H,22,23);1H. The molecule has 0 unspecified atom stereocenters. The van der Waals surface area contributed by atoms with E-state index in [4.69, 9.17) is 5.10 Å². The number of rotatable bonds is 4. The van der Waals surface area contributed by atoms with Crippen LogP contribution in [0, 0.1) is 19.3 Å². The van der Waals surface area contributed by atoms with Crippen LogP contribution in [0.5, 0.6) is 0 Å². The zero-order chi connectivity index (χ0) is 18.7. The molecule has 1 aromatic heterocycles. The van der Waals surface area contributed by atoms with Crippen LogP contribution in [0.4, 0.5) is 0 Å². The molecule has 0 amide bonds. The van der Waals surface area contributed by atoms with Crippen molar-refractivity contribution in [3.05, 3.63) is 52.8 Å². The van der Waals surface area contributed by atoms with Crippen LogP contribution in [-0.2, 0) is 13.1 Å². The van der Waals surface area contributed by atoms with Crippen molar-refractivity contribution in [1.82, 2.24) is 20.0 Å². The van der Waals surface area contributed by atoms with Gasteiger partial charge < -0.3 is 10.2 Å². The lowest BCUT2D eigenvalue weighted by molar-refractivity contribution is 0.370. The molecule has 5 nitrogen and oxygen atoms in total. The number of halogens is 1. The van der Waals surface area contributed by atoms with Crippen LogP contribution in [0.2, 0.25) is 0 Å². The van der Waals surface area contributed by atoms with E-state index in [0.29, 0.717) is 5.41 Å². The number of likely N-dealkylation sites (tertiary alicyclic amines) is 1. The van der Waals surface area contributed by atoms with Crippen molar-refractivity contribution in [2.45, 2.75) is 47.2 Å². The van der Waals surface area contributed by atoms with Gasteiger partial charge in [-0.05, 0) is 31.2 Å². The highest BCUT2D eigenvalue weighted by Gasteiger charge is 2.30. The molecule has 0 radical (unpaired) electrons. The molecular weight excluding hydrogens is 449 g/mol. The summed E-state index contributed by atoms with van der Waals surface area (Å²) in [6.07, 6.45) is 1.21. The molecule has 3 rings (SSSR count). The van der Waals surface area contributed by atoms with Gasteiger partial charge in [-0.3, -0.25) is 9.67 Å². The van der Waals surface area contributed by atoms with Gasteiger partial charge in [0.1, 0.15) is 0 Å². The summed E-state index contributed by atoms with van der Waals surface area (Å²) in [4.78, 5) is 6.85. The summed E-state index contributed by atoms with van der Waals surface area (Å²) < 4.78 is 2.10. The third-order valence-corrected chi connectivity index (χ3v) is 5.32. The quantitative estimate of drug-likeness (QED) is 0.409. The molecule has 1 aromatic carbocycles. The maximum Gasteiger partial charge on any atom is 0.193 e. The second kappa shape index (κ2) is 9.08. The van der Waals surface area contributed by atoms with Crippen LogP contribution in [-0.4, -0.2) is 40.8 Å². The number of aliphatic imine (C=N–C) groups is 1. The molecule has 148 valence electrons. The van der Waals surface area contributed by atoms with Gasteiger partial charge in [0.05, 0.1) is 12.2 Å². The van der Waals surface area contributed by atoms with Crippen molar-refractivity contribution >= 4 is 29.9 Å². The molecule has 0 spiro atoms. The van der Waals surface area contributed by atoms with E-state index in [2.05, 4.69) is 71.9 Å². The summed E-state index contributed by atoms with van der Waals surface area (Å²) >= 11 is 0. The molecule has 2 heterocycles. The average molecular weight is 481 g/mol. The van der Waals surface area contributed by atoms with Crippen LogP contribution in [0.1, 0.15) is 42.8 Å². The number of aromatic nitrogens is 2. The van der Waals surface area contributed by atoms with Crippen LogP contribution in [0.25, 0.3) is 0 Å². The number of hydrogen-bond acceptors (Lipinski definition) is 2. The number of nitrogens with zero attached hydrogens (tertiary/aromatic N) is 4. The Morgan fingerprint density at radius 2 is 1.93 bits per heavy atom. The molecule has 1 aliphatic heterocycles. The van der Waals surface area contributed by atoms with Gasteiger partial charge in [-0.15, -0.1) is 24.0 Å². The van der Waals surface area contributed by atoms with Crippen molar-refractivity contribution in [2.75, 3.05) is 20.1 Å². The van der Waals surface area contributed by atoms with Crippen molar-refractivity contribution in [3.8, 4) is 0 Å². The first-order valence-electron chi connectivity index (χ1n) is 9.42. The highest BCUT2D eigenvalue weighted by Crippen LogP contribution is 2.28. The average Bonchev–Trinajstić information content (AvgIpc) is 3.10. The van der Waals surface area contributed by atoms with Gasteiger partial charge in [-0.2, -0.15) is 5.10 Å². The fourth-order valence-corrected chi connectivity index (χ4v) is 3.69. The fourth-order valence-electron chi connectivity index (χ4n) is 3.69. The predicted molar refractivity (Wildman–Crippen MR) is 123 cm³/mol. The first-order valence-corrected chi connectivity index (χ1v) is 9.42. The summed E-state index contributed by atoms with van der Waals surface area (Å²) in [5.41, 5.74) is 5.21. The molecule has 0 atom stereocenters. The summed E-state index contributed by atoms with van der Waals surface area (Å²) in [6, 6.07) is 10.5. The Balaban J connectivity index is 0.00000261. The Morgan fingerprint density at radius 3 is 2.52 bits per heavy atom. The summed E-state index contributed by atoms with van der Waals surface area (Å²) in [5, 5.41) is 8.30. The van der Waals surface area contributed by atoms with Crippen molar-refractivity contribution in [1.29, 1.82) is 0 Å². The van der Waals surface area contributed by atoms with Gasteiger partial charge in [-0.25, -0.2) is 0 Å². The molecule has 2 aromatic rings. The maximum atomic E-state index is 4.75. The smallest absolute Gasteiger partial charge is 0.193 e. The number of benzene rings is 1. The Morgan fingerprint density at radius 1 is 1.22 bits per heavy atom. The van der Waals surface area contributed by atoms with Crippen LogP contribution in [0.15, 0.2) is 35.3 Å². The Labute approximate surface area is 180 Å². The summed E-state index contributed by atoms with van der Waals surface area (Å²) in [7, 11) is 1.87. The second-order valence-electron chi connectivity index (χ2n) is 8.03.